The molecule has 18 heavy (non-hydrogen) atoms. The fraction of sp³-hybridized carbons (Fsp3) is 0.500. The molecule has 4 heteroatoms. The van der Waals surface area contributed by atoms with Crippen LogP contribution in [0, 0.1) is 0 Å². The summed E-state index contributed by atoms with van der Waals surface area (Å²) in [6.07, 6.45) is 2.10. The maximum atomic E-state index is 5.66. The molecule has 0 fully saturated rings. The highest BCUT2D eigenvalue weighted by Gasteiger charge is 2.15. The van der Waals surface area contributed by atoms with Crippen molar-refractivity contribution in [3.05, 3.63) is 28.5 Å². The van der Waals surface area contributed by atoms with Crippen molar-refractivity contribution in [1.29, 1.82) is 0 Å². The number of aryl methyl sites for hydroxylation is 1. The third-order valence-corrected chi connectivity index (χ3v) is 3.72. The Kier molecular flexibility index (Phi) is 4.40. The van der Waals surface area contributed by atoms with Gasteiger partial charge in [-0.2, -0.15) is 0 Å². The van der Waals surface area contributed by atoms with Gasteiger partial charge in [0.2, 0.25) is 0 Å². The van der Waals surface area contributed by atoms with Crippen molar-refractivity contribution in [3.8, 4) is 0 Å². The summed E-state index contributed by atoms with van der Waals surface area (Å²) in [5, 5.41) is 0. The Morgan fingerprint density at radius 2 is 2.22 bits per heavy atom. The van der Waals surface area contributed by atoms with Crippen molar-refractivity contribution in [1.82, 2.24) is 9.55 Å². The van der Waals surface area contributed by atoms with Gasteiger partial charge in [-0.05, 0) is 37.6 Å². The van der Waals surface area contributed by atoms with Crippen LogP contribution in [0.25, 0.3) is 11.0 Å². The fourth-order valence-electron chi connectivity index (χ4n) is 2.34. The fourth-order valence-corrected chi connectivity index (χ4v) is 2.68. The van der Waals surface area contributed by atoms with Gasteiger partial charge in [0, 0.05) is 16.9 Å². The largest absolute Gasteiger partial charge is 0.330 e. The van der Waals surface area contributed by atoms with Crippen LogP contribution in [-0.4, -0.2) is 16.1 Å². The van der Waals surface area contributed by atoms with Crippen LogP contribution in [0.1, 0.15) is 38.4 Å². The Balaban J connectivity index is 2.53. The van der Waals surface area contributed by atoms with Gasteiger partial charge in [0.1, 0.15) is 5.82 Å². The molecule has 1 unspecified atom stereocenters. The highest BCUT2D eigenvalue weighted by atomic mass is 79.9. The monoisotopic (exact) mass is 309 g/mol. The Morgan fingerprint density at radius 3 is 2.89 bits per heavy atom. The maximum absolute atomic E-state index is 5.66. The number of nitrogens with zero attached hydrogens (tertiary/aromatic N) is 2. The van der Waals surface area contributed by atoms with E-state index in [-0.39, 0.29) is 0 Å². The van der Waals surface area contributed by atoms with Crippen molar-refractivity contribution in [2.45, 2.75) is 39.2 Å². The summed E-state index contributed by atoms with van der Waals surface area (Å²) in [5.41, 5.74) is 7.95. The first-order chi connectivity index (χ1) is 8.67. The van der Waals surface area contributed by atoms with E-state index in [1.807, 2.05) is 0 Å². The Morgan fingerprint density at radius 1 is 1.44 bits per heavy atom. The van der Waals surface area contributed by atoms with Crippen LogP contribution in [0.15, 0.2) is 22.7 Å². The summed E-state index contributed by atoms with van der Waals surface area (Å²) < 4.78 is 3.41. The lowest BCUT2D eigenvalue weighted by Crippen LogP contribution is -2.11. The minimum absolute atomic E-state index is 0.410. The number of nitrogens with two attached hydrogens (primary N) is 1. The van der Waals surface area contributed by atoms with Crippen LogP contribution in [0.4, 0.5) is 0 Å². The Labute approximate surface area is 117 Å². The zero-order chi connectivity index (χ0) is 13.1. The molecule has 0 bridgehead atoms. The molecule has 0 radical (unpaired) electrons. The van der Waals surface area contributed by atoms with E-state index in [2.05, 4.69) is 52.5 Å². The summed E-state index contributed by atoms with van der Waals surface area (Å²) in [6, 6.07) is 6.30. The summed E-state index contributed by atoms with van der Waals surface area (Å²) in [5.74, 6) is 1.57. The highest BCUT2D eigenvalue weighted by Crippen LogP contribution is 2.26. The number of aromatic nitrogens is 2. The molecular weight excluding hydrogens is 290 g/mol. The van der Waals surface area contributed by atoms with Crippen molar-refractivity contribution in [3.63, 3.8) is 0 Å². The molecule has 0 amide bonds. The Hall–Kier alpha value is -0.870. The molecule has 0 saturated carbocycles. The number of rotatable bonds is 5. The molecule has 0 spiro atoms. The van der Waals surface area contributed by atoms with E-state index >= 15 is 0 Å². The normalized spacial score (nSPS) is 13.1. The third kappa shape index (κ3) is 2.59. The zero-order valence-electron chi connectivity index (χ0n) is 11.0. The van der Waals surface area contributed by atoms with Crippen molar-refractivity contribution < 1.29 is 0 Å². The van der Waals surface area contributed by atoms with Crippen LogP contribution >= 0.6 is 15.9 Å². The molecule has 0 aliphatic heterocycles. The van der Waals surface area contributed by atoms with Crippen LogP contribution in [0.3, 0.4) is 0 Å². The molecule has 1 heterocycles. The van der Waals surface area contributed by atoms with E-state index < -0.39 is 0 Å². The van der Waals surface area contributed by atoms with E-state index in [9.17, 15) is 0 Å². The predicted molar refractivity (Wildman–Crippen MR) is 79.8 cm³/mol. The number of hydrogen-bond acceptors (Lipinski definition) is 2. The van der Waals surface area contributed by atoms with Gasteiger partial charge in [0.05, 0.1) is 11.0 Å². The predicted octanol–water partition coefficient (Wildman–Crippen LogP) is 3.66. The van der Waals surface area contributed by atoms with Gasteiger partial charge in [0.25, 0.3) is 0 Å². The second-order valence-corrected chi connectivity index (χ2v) is 5.65. The standard InChI is InChI=1S/C14H20BrN3/c1-3-8-18-13-5-4-11(15)9-12(13)17-14(18)10(2)6-7-16/h4-5,9-10H,3,6-8,16H2,1-2H3. The molecule has 1 atom stereocenters. The van der Waals surface area contributed by atoms with Gasteiger partial charge < -0.3 is 10.3 Å². The first-order valence-electron chi connectivity index (χ1n) is 6.53. The van der Waals surface area contributed by atoms with Crippen molar-refractivity contribution in [2.24, 2.45) is 5.73 Å². The van der Waals surface area contributed by atoms with Crippen LogP contribution in [0.2, 0.25) is 0 Å². The lowest BCUT2D eigenvalue weighted by atomic mass is 10.1. The SMILES string of the molecule is CCCn1c(C(C)CCN)nc2cc(Br)ccc21. The third-order valence-electron chi connectivity index (χ3n) is 3.23. The molecule has 2 N–H and O–H groups in total. The van der Waals surface area contributed by atoms with Gasteiger partial charge in [-0.25, -0.2) is 4.98 Å². The number of imidazole rings is 1. The molecule has 3 nitrogen and oxygen atoms in total. The number of hydrogen-bond donors (Lipinski definition) is 1. The van der Waals surface area contributed by atoms with E-state index in [4.69, 9.17) is 10.7 Å². The minimum atomic E-state index is 0.410. The van der Waals surface area contributed by atoms with Gasteiger partial charge >= 0.3 is 0 Å². The topological polar surface area (TPSA) is 43.8 Å². The molecule has 1 aromatic heterocycles. The number of benzene rings is 1. The second-order valence-electron chi connectivity index (χ2n) is 4.73. The van der Waals surface area contributed by atoms with E-state index in [0.717, 1.165) is 35.2 Å². The first-order valence-corrected chi connectivity index (χ1v) is 7.32. The van der Waals surface area contributed by atoms with Gasteiger partial charge in [0.15, 0.2) is 0 Å². The number of halogens is 1. The molecule has 0 aliphatic rings. The van der Waals surface area contributed by atoms with E-state index in [1.165, 1.54) is 5.52 Å². The van der Waals surface area contributed by atoms with Crippen LogP contribution in [-0.2, 0) is 6.54 Å². The van der Waals surface area contributed by atoms with E-state index in [0.29, 0.717) is 12.5 Å². The number of fused-ring (bicyclic) bond motifs is 1. The molecule has 0 saturated heterocycles. The second kappa shape index (κ2) is 5.85. The van der Waals surface area contributed by atoms with Gasteiger partial charge in [-0.1, -0.05) is 29.8 Å². The molecule has 1 aromatic carbocycles. The average molecular weight is 310 g/mol. The Bertz CT molecular complexity index is 533. The average Bonchev–Trinajstić information content (AvgIpc) is 2.68. The highest BCUT2D eigenvalue weighted by molar-refractivity contribution is 9.10. The molecule has 2 aromatic rings. The lowest BCUT2D eigenvalue weighted by molar-refractivity contribution is 0.578. The summed E-state index contributed by atoms with van der Waals surface area (Å²) in [6.45, 7) is 6.12. The van der Waals surface area contributed by atoms with E-state index in [1.54, 1.807) is 0 Å². The minimum Gasteiger partial charge on any atom is -0.330 e. The molecule has 2 rings (SSSR count). The summed E-state index contributed by atoms with van der Waals surface area (Å²) in [4.78, 5) is 4.79. The van der Waals surface area contributed by atoms with Gasteiger partial charge in [-0.3, -0.25) is 0 Å². The van der Waals surface area contributed by atoms with Crippen molar-refractivity contribution >= 4 is 27.0 Å². The van der Waals surface area contributed by atoms with Crippen LogP contribution < -0.4 is 5.73 Å². The van der Waals surface area contributed by atoms with Crippen molar-refractivity contribution in [2.75, 3.05) is 6.54 Å². The molecule has 0 aliphatic carbocycles. The smallest absolute Gasteiger partial charge is 0.112 e. The summed E-state index contributed by atoms with van der Waals surface area (Å²) >= 11 is 3.50. The molecular formula is C14H20BrN3. The lowest BCUT2D eigenvalue weighted by Gasteiger charge is -2.13. The maximum Gasteiger partial charge on any atom is 0.112 e. The molecule has 98 valence electrons. The first kappa shape index (κ1) is 13.6. The summed E-state index contributed by atoms with van der Waals surface area (Å²) in [7, 11) is 0. The zero-order valence-corrected chi connectivity index (χ0v) is 12.6. The van der Waals surface area contributed by atoms with Crippen LogP contribution in [0.5, 0.6) is 0 Å². The quantitative estimate of drug-likeness (QED) is 0.916. The van der Waals surface area contributed by atoms with Gasteiger partial charge in [-0.15, -0.1) is 0 Å².